The van der Waals surface area contributed by atoms with Crippen LogP contribution in [0.2, 0.25) is 0 Å². The number of hydrogen-bond donors (Lipinski definition) is 0. The molecule has 122 valence electrons. The van der Waals surface area contributed by atoms with Gasteiger partial charge in [0, 0.05) is 16.7 Å². The van der Waals surface area contributed by atoms with Crippen molar-refractivity contribution in [3.8, 4) is 22.3 Å². The van der Waals surface area contributed by atoms with E-state index in [1.807, 2.05) is 60.7 Å². The van der Waals surface area contributed by atoms with Crippen LogP contribution < -0.4 is 0 Å². The largest absolute Gasteiger partial charge is 0.298 e. The lowest BCUT2D eigenvalue weighted by atomic mass is 9.84. The van der Waals surface area contributed by atoms with E-state index in [0.717, 1.165) is 53.2 Å². The Morgan fingerprint density at radius 3 is 1.80 bits per heavy atom. The predicted molar refractivity (Wildman–Crippen MR) is 100 cm³/mol. The van der Waals surface area contributed by atoms with E-state index in [1.165, 1.54) is 0 Å². The number of aldehydes is 2. The Hall–Kier alpha value is -3.00. The average Bonchev–Trinajstić information content (AvgIpc) is 3.52. The molecule has 0 amide bonds. The number of benzene rings is 3. The van der Waals surface area contributed by atoms with E-state index in [4.69, 9.17) is 0 Å². The second-order valence-corrected chi connectivity index (χ2v) is 6.46. The molecule has 0 bridgehead atoms. The van der Waals surface area contributed by atoms with Gasteiger partial charge in [-0.1, -0.05) is 60.7 Å². The molecular formula is C23H18O2. The van der Waals surface area contributed by atoms with Crippen molar-refractivity contribution >= 4 is 12.6 Å². The van der Waals surface area contributed by atoms with Crippen LogP contribution in [-0.2, 0) is 0 Å². The molecule has 4 rings (SSSR count). The summed E-state index contributed by atoms with van der Waals surface area (Å²) in [6.07, 6.45) is 3.85. The lowest BCUT2D eigenvalue weighted by Gasteiger charge is -2.18. The van der Waals surface area contributed by atoms with E-state index in [1.54, 1.807) is 0 Å². The summed E-state index contributed by atoms with van der Waals surface area (Å²) < 4.78 is 0. The van der Waals surface area contributed by atoms with Crippen LogP contribution in [0.1, 0.15) is 45.0 Å². The van der Waals surface area contributed by atoms with Crippen LogP contribution in [-0.4, -0.2) is 12.6 Å². The maximum absolute atomic E-state index is 12.0. The first kappa shape index (κ1) is 15.5. The lowest BCUT2D eigenvalue weighted by Crippen LogP contribution is -2.03. The highest BCUT2D eigenvalue weighted by molar-refractivity contribution is 6.04. The van der Waals surface area contributed by atoms with Crippen LogP contribution in [0.5, 0.6) is 0 Å². The molecule has 1 aliphatic rings. The Bertz CT molecular complexity index is 923. The van der Waals surface area contributed by atoms with Gasteiger partial charge in [-0.05, 0) is 47.1 Å². The molecule has 0 atom stereocenters. The lowest BCUT2D eigenvalue weighted by molar-refractivity contribution is 0.109. The molecule has 1 aliphatic carbocycles. The van der Waals surface area contributed by atoms with Crippen molar-refractivity contribution in [3.05, 3.63) is 83.4 Å². The molecule has 2 nitrogen and oxygen atoms in total. The van der Waals surface area contributed by atoms with Crippen molar-refractivity contribution < 1.29 is 9.59 Å². The smallest absolute Gasteiger partial charge is 0.151 e. The molecule has 1 saturated carbocycles. The molecule has 0 aromatic heterocycles. The highest BCUT2D eigenvalue weighted by Crippen LogP contribution is 2.46. The van der Waals surface area contributed by atoms with Gasteiger partial charge in [-0.25, -0.2) is 0 Å². The third-order valence-electron chi connectivity index (χ3n) is 4.84. The summed E-state index contributed by atoms with van der Waals surface area (Å²) in [7, 11) is 0. The van der Waals surface area contributed by atoms with Crippen LogP contribution in [0.4, 0.5) is 0 Å². The van der Waals surface area contributed by atoms with Crippen molar-refractivity contribution in [2.75, 3.05) is 0 Å². The number of carbonyl (C=O) groups is 2. The zero-order valence-electron chi connectivity index (χ0n) is 13.8. The Balaban J connectivity index is 2.09. The minimum Gasteiger partial charge on any atom is -0.298 e. The fourth-order valence-electron chi connectivity index (χ4n) is 3.49. The van der Waals surface area contributed by atoms with Crippen LogP contribution in [0.3, 0.4) is 0 Å². The molecule has 0 aliphatic heterocycles. The van der Waals surface area contributed by atoms with Crippen molar-refractivity contribution in [1.29, 1.82) is 0 Å². The van der Waals surface area contributed by atoms with E-state index in [0.29, 0.717) is 17.0 Å². The summed E-state index contributed by atoms with van der Waals surface area (Å²) in [5.74, 6) is 0.395. The van der Waals surface area contributed by atoms with Gasteiger partial charge in [0.2, 0.25) is 0 Å². The average molecular weight is 326 g/mol. The standard InChI is InChI=1S/C23H18O2/c24-14-21-19(17-11-12-17)13-20(16-7-3-1-4-8-16)23(22(21)15-25)18-9-5-2-6-10-18/h1-10,13-15,17H,11-12H2. The SMILES string of the molecule is O=Cc1c(C2CC2)cc(-c2ccccc2)c(-c2ccccc2)c1C=O. The van der Waals surface area contributed by atoms with Gasteiger partial charge >= 0.3 is 0 Å². The first-order valence-corrected chi connectivity index (χ1v) is 8.55. The zero-order valence-corrected chi connectivity index (χ0v) is 13.8. The quantitative estimate of drug-likeness (QED) is 0.578. The van der Waals surface area contributed by atoms with Gasteiger partial charge in [-0.15, -0.1) is 0 Å². The first-order valence-electron chi connectivity index (χ1n) is 8.55. The van der Waals surface area contributed by atoms with E-state index in [2.05, 4.69) is 6.07 Å². The molecule has 0 unspecified atom stereocenters. The Morgan fingerprint density at radius 1 is 0.720 bits per heavy atom. The van der Waals surface area contributed by atoms with E-state index in [-0.39, 0.29) is 0 Å². The summed E-state index contributed by atoms with van der Waals surface area (Å²) in [6, 6.07) is 22.0. The minimum atomic E-state index is 0.395. The maximum atomic E-state index is 12.0. The molecule has 0 N–H and O–H groups in total. The molecule has 2 heteroatoms. The van der Waals surface area contributed by atoms with Gasteiger partial charge in [0.15, 0.2) is 12.6 Å². The summed E-state index contributed by atoms with van der Waals surface area (Å²) in [5.41, 5.74) is 5.93. The van der Waals surface area contributed by atoms with E-state index in [9.17, 15) is 9.59 Å². The molecular weight excluding hydrogens is 308 g/mol. The molecule has 0 heterocycles. The van der Waals surface area contributed by atoms with Gasteiger partial charge in [0.25, 0.3) is 0 Å². The third-order valence-corrected chi connectivity index (χ3v) is 4.84. The number of rotatable bonds is 5. The zero-order chi connectivity index (χ0) is 17.2. The Morgan fingerprint density at radius 2 is 1.28 bits per heavy atom. The molecule has 1 fully saturated rings. The molecule has 3 aromatic rings. The van der Waals surface area contributed by atoms with Gasteiger partial charge in [0.1, 0.15) is 0 Å². The van der Waals surface area contributed by atoms with E-state index >= 15 is 0 Å². The van der Waals surface area contributed by atoms with E-state index < -0.39 is 0 Å². The fraction of sp³-hybridized carbons (Fsp3) is 0.130. The summed E-state index contributed by atoms with van der Waals surface area (Å²) in [6.45, 7) is 0. The van der Waals surface area contributed by atoms with Crippen LogP contribution in [0, 0.1) is 0 Å². The van der Waals surface area contributed by atoms with Gasteiger partial charge < -0.3 is 0 Å². The third kappa shape index (κ3) is 2.80. The highest BCUT2D eigenvalue weighted by atomic mass is 16.1. The normalized spacial score (nSPS) is 13.4. The second-order valence-electron chi connectivity index (χ2n) is 6.46. The Labute approximate surface area is 147 Å². The van der Waals surface area contributed by atoms with Gasteiger partial charge in [-0.2, -0.15) is 0 Å². The van der Waals surface area contributed by atoms with Crippen molar-refractivity contribution in [3.63, 3.8) is 0 Å². The Kier molecular flexibility index (Phi) is 4.02. The molecule has 0 radical (unpaired) electrons. The molecule has 25 heavy (non-hydrogen) atoms. The van der Waals surface area contributed by atoms with Gasteiger partial charge in [0.05, 0.1) is 0 Å². The van der Waals surface area contributed by atoms with Crippen molar-refractivity contribution in [1.82, 2.24) is 0 Å². The molecule has 0 spiro atoms. The van der Waals surface area contributed by atoms with Crippen LogP contribution in [0.25, 0.3) is 22.3 Å². The summed E-state index contributed by atoms with van der Waals surface area (Å²) >= 11 is 0. The maximum Gasteiger partial charge on any atom is 0.151 e. The monoisotopic (exact) mass is 326 g/mol. The first-order chi connectivity index (χ1) is 12.3. The number of hydrogen-bond acceptors (Lipinski definition) is 2. The topological polar surface area (TPSA) is 34.1 Å². The number of carbonyl (C=O) groups excluding carboxylic acids is 2. The summed E-state index contributed by atoms with van der Waals surface area (Å²) in [5, 5.41) is 0. The van der Waals surface area contributed by atoms with Crippen LogP contribution >= 0.6 is 0 Å². The second kappa shape index (κ2) is 6.48. The predicted octanol–water partition coefficient (Wildman–Crippen LogP) is 5.52. The van der Waals surface area contributed by atoms with Crippen molar-refractivity contribution in [2.45, 2.75) is 18.8 Å². The van der Waals surface area contributed by atoms with Crippen LogP contribution in [0.15, 0.2) is 66.7 Å². The fourth-order valence-corrected chi connectivity index (χ4v) is 3.49. The summed E-state index contributed by atoms with van der Waals surface area (Å²) in [4.78, 5) is 23.8. The van der Waals surface area contributed by atoms with Gasteiger partial charge in [-0.3, -0.25) is 9.59 Å². The molecule has 3 aromatic carbocycles. The minimum absolute atomic E-state index is 0.395. The van der Waals surface area contributed by atoms with Crippen molar-refractivity contribution in [2.24, 2.45) is 0 Å². The highest BCUT2D eigenvalue weighted by Gasteiger charge is 2.30. The molecule has 0 saturated heterocycles.